The Bertz CT molecular complexity index is 592. The van der Waals surface area contributed by atoms with Crippen molar-refractivity contribution in [2.75, 3.05) is 11.9 Å². The summed E-state index contributed by atoms with van der Waals surface area (Å²) in [6.07, 6.45) is 5.98. The number of nitrogens with zero attached hydrogens (tertiary/aromatic N) is 1. The smallest absolute Gasteiger partial charge is 0.266 e. The zero-order valence-electron chi connectivity index (χ0n) is 13.8. The Morgan fingerprint density at radius 2 is 1.73 bits per heavy atom. The normalized spacial score (nSPS) is 19.5. The molecule has 118 valence electrons. The maximum Gasteiger partial charge on any atom is 0.358 e. The van der Waals surface area contributed by atoms with Crippen LogP contribution < -0.4 is 10.3 Å². The summed E-state index contributed by atoms with van der Waals surface area (Å²) in [7, 11) is 0. The number of guanidine groups is 1. The zero-order valence-corrected chi connectivity index (χ0v) is 13.8. The molecule has 3 rings (SSSR count). The van der Waals surface area contributed by atoms with E-state index in [0.717, 1.165) is 24.5 Å². The third-order valence-corrected chi connectivity index (χ3v) is 4.78. The van der Waals surface area contributed by atoms with E-state index in [9.17, 15) is 4.79 Å². The second-order valence-corrected chi connectivity index (χ2v) is 6.66. The van der Waals surface area contributed by atoms with Crippen LogP contribution in [0, 0.1) is 20.8 Å². The van der Waals surface area contributed by atoms with Crippen LogP contribution in [0.1, 0.15) is 48.8 Å². The fraction of sp³-hybridized carbons (Fsp3) is 0.556. The number of hydrogen-bond acceptors (Lipinski definition) is 2. The maximum absolute atomic E-state index is 12.3. The van der Waals surface area contributed by atoms with Crippen LogP contribution >= 0.6 is 0 Å². The number of amides is 1. The van der Waals surface area contributed by atoms with E-state index in [2.05, 4.69) is 43.2 Å². The molecular weight excluding hydrogens is 274 g/mol. The molecule has 4 nitrogen and oxygen atoms in total. The molecule has 0 aromatic heterocycles. The Hall–Kier alpha value is -1.84. The number of aryl methyl sites for hydroxylation is 3. The Labute approximate surface area is 132 Å². The fourth-order valence-corrected chi connectivity index (χ4v) is 3.78. The van der Waals surface area contributed by atoms with Crippen molar-refractivity contribution in [1.29, 1.82) is 0 Å². The minimum Gasteiger partial charge on any atom is -0.266 e. The van der Waals surface area contributed by atoms with E-state index in [0.29, 0.717) is 12.6 Å². The van der Waals surface area contributed by atoms with Crippen LogP contribution in [0.2, 0.25) is 0 Å². The van der Waals surface area contributed by atoms with Gasteiger partial charge in [-0.15, -0.1) is 0 Å². The van der Waals surface area contributed by atoms with Crippen molar-refractivity contribution < 1.29 is 9.79 Å². The molecular formula is C18H26N3O+. The van der Waals surface area contributed by atoms with Crippen LogP contribution in [-0.2, 0) is 4.79 Å². The van der Waals surface area contributed by atoms with Gasteiger partial charge in [-0.1, -0.05) is 24.1 Å². The molecule has 1 aliphatic carbocycles. The van der Waals surface area contributed by atoms with Gasteiger partial charge in [-0.2, -0.15) is 4.90 Å². The first-order valence-corrected chi connectivity index (χ1v) is 8.34. The Kier molecular flexibility index (Phi) is 4.19. The van der Waals surface area contributed by atoms with Crippen molar-refractivity contribution in [3.8, 4) is 0 Å². The molecule has 1 aliphatic heterocycles. The highest BCUT2D eigenvalue weighted by Gasteiger charge is 2.39. The predicted molar refractivity (Wildman–Crippen MR) is 88.8 cm³/mol. The van der Waals surface area contributed by atoms with Gasteiger partial charge >= 0.3 is 11.9 Å². The summed E-state index contributed by atoms with van der Waals surface area (Å²) in [5, 5.41) is 3.49. The van der Waals surface area contributed by atoms with Gasteiger partial charge in [0.1, 0.15) is 5.69 Å². The lowest BCUT2D eigenvalue weighted by Crippen LogP contribution is -2.73. The molecule has 2 aliphatic rings. The number of carbonyl (C=O) groups excluding carboxylic acids is 1. The fourth-order valence-electron chi connectivity index (χ4n) is 3.78. The molecule has 1 heterocycles. The van der Waals surface area contributed by atoms with E-state index in [-0.39, 0.29) is 5.91 Å². The number of carbonyl (C=O) groups is 1. The van der Waals surface area contributed by atoms with Gasteiger partial charge in [0, 0.05) is 0 Å². The summed E-state index contributed by atoms with van der Waals surface area (Å²) in [6.45, 7) is 6.75. The minimum atomic E-state index is 0.191. The van der Waals surface area contributed by atoms with Gasteiger partial charge in [0.2, 0.25) is 0 Å². The summed E-state index contributed by atoms with van der Waals surface area (Å²) >= 11 is 0. The lowest BCUT2D eigenvalue weighted by molar-refractivity contribution is -0.438. The molecule has 1 aromatic carbocycles. The average molecular weight is 300 g/mol. The number of hydrogen-bond donors (Lipinski definition) is 2. The summed E-state index contributed by atoms with van der Waals surface area (Å²) in [6, 6.07) is 4.71. The minimum absolute atomic E-state index is 0.191. The average Bonchev–Trinajstić information content (AvgIpc) is 2.84. The summed E-state index contributed by atoms with van der Waals surface area (Å²) < 4.78 is 0. The van der Waals surface area contributed by atoms with E-state index in [1.807, 2.05) is 4.90 Å². The molecule has 2 N–H and O–H groups in total. The molecule has 1 fully saturated rings. The molecule has 0 saturated heterocycles. The number of nitrogens with one attached hydrogen (secondary N) is 2. The van der Waals surface area contributed by atoms with Gasteiger partial charge in [-0.3, -0.25) is 9.79 Å². The molecule has 1 saturated carbocycles. The van der Waals surface area contributed by atoms with Crippen LogP contribution in [0.5, 0.6) is 0 Å². The van der Waals surface area contributed by atoms with Gasteiger partial charge in [0.15, 0.2) is 6.54 Å². The van der Waals surface area contributed by atoms with Crippen molar-refractivity contribution in [3.05, 3.63) is 28.8 Å². The third-order valence-electron chi connectivity index (χ3n) is 4.78. The van der Waals surface area contributed by atoms with Gasteiger partial charge in [0.25, 0.3) is 0 Å². The number of benzene rings is 1. The second kappa shape index (κ2) is 6.11. The highest BCUT2D eigenvalue weighted by Crippen LogP contribution is 2.25. The highest BCUT2D eigenvalue weighted by molar-refractivity contribution is 6.05. The van der Waals surface area contributed by atoms with Gasteiger partial charge in [-0.25, -0.2) is 5.32 Å². The van der Waals surface area contributed by atoms with Crippen molar-refractivity contribution in [2.24, 2.45) is 0 Å². The summed E-state index contributed by atoms with van der Waals surface area (Å²) in [5.41, 5.74) is 4.82. The van der Waals surface area contributed by atoms with E-state index in [1.165, 1.54) is 36.0 Å². The Balaban J connectivity index is 1.83. The summed E-state index contributed by atoms with van der Waals surface area (Å²) in [5.74, 6) is 1.06. The van der Waals surface area contributed by atoms with Crippen LogP contribution in [0.4, 0.5) is 5.69 Å². The first-order chi connectivity index (χ1) is 10.6. The van der Waals surface area contributed by atoms with Crippen LogP contribution in [-0.4, -0.2) is 29.4 Å². The first-order valence-electron chi connectivity index (χ1n) is 8.34. The van der Waals surface area contributed by atoms with Crippen LogP contribution in [0.3, 0.4) is 0 Å². The Morgan fingerprint density at radius 3 is 2.36 bits per heavy atom. The molecule has 0 unspecified atom stereocenters. The molecule has 0 spiro atoms. The van der Waals surface area contributed by atoms with Crippen molar-refractivity contribution >= 4 is 17.6 Å². The SMILES string of the molecule is Cc1cc(C)c(NC2=[NH+]CC(=O)N2C2CCCCC2)c(C)c1. The van der Waals surface area contributed by atoms with Crippen molar-refractivity contribution in [2.45, 2.75) is 58.9 Å². The molecule has 22 heavy (non-hydrogen) atoms. The monoisotopic (exact) mass is 300 g/mol. The molecule has 1 amide bonds. The van der Waals surface area contributed by atoms with Gasteiger partial charge < -0.3 is 0 Å². The van der Waals surface area contributed by atoms with E-state index >= 15 is 0 Å². The molecule has 0 radical (unpaired) electrons. The second-order valence-electron chi connectivity index (χ2n) is 6.66. The van der Waals surface area contributed by atoms with E-state index < -0.39 is 0 Å². The molecule has 4 heteroatoms. The number of anilines is 1. The Morgan fingerprint density at radius 1 is 1.09 bits per heavy atom. The topological polar surface area (TPSA) is 46.3 Å². The number of rotatable bonds is 2. The largest absolute Gasteiger partial charge is 0.358 e. The standard InChI is InChI=1S/C18H25N3O/c1-12-9-13(2)17(14(3)10-12)20-18-19-11-16(22)21(18)15-7-5-4-6-8-15/h9-10,15H,4-8,11H2,1-3H3,(H,19,20)/p+1. The quantitative estimate of drug-likeness (QED) is 0.872. The summed E-state index contributed by atoms with van der Waals surface area (Å²) in [4.78, 5) is 17.5. The first kappa shape index (κ1) is 15.1. The van der Waals surface area contributed by atoms with Crippen LogP contribution in [0.15, 0.2) is 12.1 Å². The van der Waals surface area contributed by atoms with E-state index in [1.54, 1.807) is 0 Å². The lowest BCUT2D eigenvalue weighted by atomic mass is 9.94. The van der Waals surface area contributed by atoms with Crippen molar-refractivity contribution in [1.82, 2.24) is 4.90 Å². The van der Waals surface area contributed by atoms with Gasteiger partial charge in [0.05, 0.1) is 6.04 Å². The maximum atomic E-state index is 12.3. The predicted octanol–water partition coefficient (Wildman–Crippen LogP) is 1.64. The van der Waals surface area contributed by atoms with Gasteiger partial charge in [-0.05, 0) is 57.6 Å². The van der Waals surface area contributed by atoms with Crippen LogP contribution in [0.25, 0.3) is 0 Å². The van der Waals surface area contributed by atoms with E-state index in [4.69, 9.17) is 0 Å². The lowest BCUT2D eigenvalue weighted by Gasteiger charge is -2.27. The zero-order chi connectivity index (χ0) is 15.7. The third kappa shape index (κ3) is 2.87. The highest BCUT2D eigenvalue weighted by atomic mass is 16.2. The molecule has 0 atom stereocenters. The molecule has 1 aromatic rings. The molecule has 0 bridgehead atoms. The van der Waals surface area contributed by atoms with Crippen molar-refractivity contribution in [3.63, 3.8) is 0 Å².